The van der Waals surface area contributed by atoms with Crippen molar-refractivity contribution in [3.05, 3.63) is 23.8 Å². The molecule has 1 fully saturated rings. The second kappa shape index (κ2) is 5.12. The van der Waals surface area contributed by atoms with Gasteiger partial charge in [0.2, 0.25) is 0 Å². The lowest BCUT2D eigenvalue weighted by molar-refractivity contribution is 0.00578. The molecule has 0 atom stereocenters. The summed E-state index contributed by atoms with van der Waals surface area (Å²) in [5, 5.41) is 8.85. The molecule has 0 radical (unpaired) electrons. The number of rotatable bonds is 3. The molecule has 1 aromatic rings. The molecule has 1 aliphatic rings. The largest absolute Gasteiger partial charge is 0.497 e. The lowest BCUT2D eigenvalue weighted by atomic mass is 9.78. The van der Waals surface area contributed by atoms with Crippen LogP contribution >= 0.6 is 0 Å². The Balaban J connectivity index is 2.34. The summed E-state index contributed by atoms with van der Waals surface area (Å²) in [6.07, 6.45) is 0.337. The predicted octanol–water partition coefficient (Wildman–Crippen LogP) is 2.06. The number of hydrogen-bond acceptors (Lipinski definition) is 4. The topological polar surface area (TPSA) is 51.5 Å². The molecule has 0 aliphatic carbocycles. The summed E-state index contributed by atoms with van der Waals surface area (Å²) >= 11 is 0. The molecule has 5 heteroatoms. The highest BCUT2D eigenvalue weighted by Gasteiger charge is 2.51. The van der Waals surface area contributed by atoms with E-state index in [1.165, 1.54) is 0 Å². The van der Waals surface area contributed by atoms with E-state index in [9.17, 15) is 0 Å². The van der Waals surface area contributed by atoms with Gasteiger partial charge in [0.05, 0.1) is 30.8 Å². The number of methoxy groups -OCH3 is 1. The van der Waals surface area contributed by atoms with E-state index in [0.29, 0.717) is 12.2 Å². The van der Waals surface area contributed by atoms with Crippen LogP contribution in [0.4, 0.5) is 0 Å². The van der Waals surface area contributed by atoms with Crippen LogP contribution in [0.15, 0.2) is 18.2 Å². The zero-order chi connectivity index (χ0) is 15.0. The second-order valence-corrected chi connectivity index (χ2v) is 6.04. The summed E-state index contributed by atoms with van der Waals surface area (Å²) in [5.74, 6) is 0.711. The van der Waals surface area contributed by atoms with Crippen molar-refractivity contribution in [1.82, 2.24) is 0 Å². The average molecular weight is 273 g/mol. The standard InChI is InChI=1S/C15H20BNO3/c1-14(2)15(3,4)20-16(19-14)12-8-11(6-7-17)9-13(10-12)18-5/h8-10H,6H2,1-5H3. The molecule has 1 saturated heterocycles. The molecule has 0 spiro atoms. The number of nitrogens with zero attached hydrogens (tertiary/aromatic N) is 1. The molecule has 1 aromatic carbocycles. The molecular weight excluding hydrogens is 253 g/mol. The van der Waals surface area contributed by atoms with Crippen LogP contribution < -0.4 is 10.2 Å². The van der Waals surface area contributed by atoms with Crippen molar-refractivity contribution < 1.29 is 14.0 Å². The van der Waals surface area contributed by atoms with E-state index in [2.05, 4.69) is 6.07 Å². The van der Waals surface area contributed by atoms with Gasteiger partial charge in [0, 0.05) is 0 Å². The van der Waals surface area contributed by atoms with Gasteiger partial charge in [-0.25, -0.2) is 0 Å². The summed E-state index contributed by atoms with van der Waals surface area (Å²) in [6, 6.07) is 7.84. The molecule has 0 aromatic heterocycles. The quantitative estimate of drug-likeness (QED) is 0.791. The van der Waals surface area contributed by atoms with Gasteiger partial charge in [-0.05, 0) is 50.9 Å². The Morgan fingerprint density at radius 1 is 1.15 bits per heavy atom. The Morgan fingerprint density at radius 2 is 1.75 bits per heavy atom. The first kappa shape index (κ1) is 14.9. The summed E-state index contributed by atoms with van der Waals surface area (Å²) in [5.41, 5.74) is 1.02. The van der Waals surface area contributed by atoms with Gasteiger partial charge < -0.3 is 14.0 Å². The van der Waals surface area contributed by atoms with E-state index in [-0.39, 0.29) is 11.2 Å². The van der Waals surface area contributed by atoms with Crippen molar-refractivity contribution in [3.63, 3.8) is 0 Å². The maximum Gasteiger partial charge on any atom is 0.494 e. The Morgan fingerprint density at radius 3 is 2.25 bits per heavy atom. The van der Waals surface area contributed by atoms with Gasteiger partial charge >= 0.3 is 7.12 Å². The van der Waals surface area contributed by atoms with Gasteiger partial charge in [0.25, 0.3) is 0 Å². The van der Waals surface area contributed by atoms with Crippen LogP contribution in [-0.2, 0) is 15.7 Å². The summed E-state index contributed by atoms with van der Waals surface area (Å²) < 4.78 is 17.3. The van der Waals surface area contributed by atoms with Crippen molar-refractivity contribution in [2.75, 3.05) is 7.11 Å². The third-order valence-corrected chi connectivity index (χ3v) is 4.03. The maximum atomic E-state index is 8.85. The van der Waals surface area contributed by atoms with Gasteiger partial charge in [-0.2, -0.15) is 5.26 Å². The van der Waals surface area contributed by atoms with Crippen LogP contribution in [0.2, 0.25) is 0 Å². The highest BCUT2D eigenvalue weighted by Crippen LogP contribution is 2.36. The lowest BCUT2D eigenvalue weighted by Gasteiger charge is -2.32. The Kier molecular flexibility index (Phi) is 3.81. The van der Waals surface area contributed by atoms with E-state index in [1.54, 1.807) is 7.11 Å². The normalized spacial score (nSPS) is 19.7. The first-order valence-corrected chi connectivity index (χ1v) is 6.69. The van der Waals surface area contributed by atoms with E-state index < -0.39 is 7.12 Å². The molecule has 1 heterocycles. The zero-order valence-corrected chi connectivity index (χ0v) is 12.7. The molecule has 0 amide bonds. The van der Waals surface area contributed by atoms with Crippen molar-refractivity contribution in [2.45, 2.75) is 45.3 Å². The Bertz CT molecular complexity index is 533. The molecule has 0 unspecified atom stereocenters. The van der Waals surface area contributed by atoms with Crippen LogP contribution in [-0.4, -0.2) is 25.4 Å². The SMILES string of the molecule is COc1cc(CC#N)cc(B2OC(C)(C)C(C)(C)O2)c1. The number of ether oxygens (including phenoxy) is 1. The van der Waals surface area contributed by atoms with Crippen LogP contribution in [0.5, 0.6) is 5.75 Å². The van der Waals surface area contributed by atoms with Crippen LogP contribution in [0, 0.1) is 11.3 Å². The first-order chi connectivity index (χ1) is 9.29. The minimum atomic E-state index is -0.437. The van der Waals surface area contributed by atoms with Crippen molar-refractivity contribution in [3.8, 4) is 11.8 Å². The molecule has 0 saturated carbocycles. The average Bonchev–Trinajstić information content (AvgIpc) is 2.58. The van der Waals surface area contributed by atoms with Crippen LogP contribution in [0.1, 0.15) is 33.3 Å². The first-order valence-electron chi connectivity index (χ1n) is 6.69. The number of benzene rings is 1. The third kappa shape index (κ3) is 2.67. The van der Waals surface area contributed by atoms with E-state index >= 15 is 0 Å². The monoisotopic (exact) mass is 273 g/mol. The highest BCUT2D eigenvalue weighted by atomic mass is 16.7. The highest BCUT2D eigenvalue weighted by molar-refractivity contribution is 6.62. The molecule has 2 rings (SSSR count). The van der Waals surface area contributed by atoms with Crippen molar-refractivity contribution in [2.24, 2.45) is 0 Å². The van der Waals surface area contributed by atoms with E-state index in [4.69, 9.17) is 19.3 Å². The summed E-state index contributed by atoms with van der Waals surface area (Å²) in [4.78, 5) is 0. The zero-order valence-electron chi connectivity index (χ0n) is 12.7. The molecule has 106 valence electrons. The summed E-state index contributed by atoms with van der Waals surface area (Å²) in [7, 11) is 1.17. The van der Waals surface area contributed by atoms with Crippen LogP contribution in [0.3, 0.4) is 0 Å². The molecule has 4 nitrogen and oxygen atoms in total. The minimum Gasteiger partial charge on any atom is -0.497 e. The number of hydrogen-bond donors (Lipinski definition) is 0. The van der Waals surface area contributed by atoms with Gasteiger partial charge in [0.15, 0.2) is 0 Å². The predicted molar refractivity (Wildman–Crippen MR) is 78.0 cm³/mol. The number of nitriles is 1. The molecule has 0 N–H and O–H groups in total. The van der Waals surface area contributed by atoms with E-state index in [0.717, 1.165) is 11.0 Å². The Hall–Kier alpha value is -1.51. The molecule has 1 aliphatic heterocycles. The van der Waals surface area contributed by atoms with Gasteiger partial charge in [-0.15, -0.1) is 0 Å². The summed E-state index contributed by atoms with van der Waals surface area (Å²) in [6.45, 7) is 8.07. The molecule has 20 heavy (non-hydrogen) atoms. The molecule has 0 bridgehead atoms. The van der Waals surface area contributed by atoms with Gasteiger partial charge in [0.1, 0.15) is 5.75 Å². The lowest BCUT2D eigenvalue weighted by Crippen LogP contribution is -2.41. The second-order valence-electron chi connectivity index (χ2n) is 6.04. The fourth-order valence-corrected chi connectivity index (χ4v) is 2.11. The van der Waals surface area contributed by atoms with E-state index in [1.807, 2.05) is 45.9 Å². The van der Waals surface area contributed by atoms with Gasteiger partial charge in [-0.1, -0.05) is 6.07 Å². The molecular formula is C15H20BNO3. The third-order valence-electron chi connectivity index (χ3n) is 4.03. The minimum absolute atomic E-state index is 0.337. The Labute approximate surface area is 120 Å². The van der Waals surface area contributed by atoms with Crippen molar-refractivity contribution >= 4 is 12.6 Å². The van der Waals surface area contributed by atoms with Crippen LogP contribution in [0.25, 0.3) is 0 Å². The maximum absolute atomic E-state index is 8.85. The fourth-order valence-electron chi connectivity index (χ4n) is 2.11. The van der Waals surface area contributed by atoms with Gasteiger partial charge in [-0.3, -0.25) is 0 Å². The smallest absolute Gasteiger partial charge is 0.494 e. The fraction of sp³-hybridized carbons (Fsp3) is 0.533. The van der Waals surface area contributed by atoms with Crippen molar-refractivity contribution in [1.29, 1.82) is 5.26 Å².